The molecule has 1 aromatic rings. The zero-order valence-electron chi connectivity index (χ0n) is 10.3. The van der Waals surface area contributed by atoms with Gasteiger partial charge in [0.25, 0.3) is 0 Å². The second-order valence-electron chi connectivity index (χ2n) is 4.48. The fourth-order valence-electron chi connectivity index (χ4n) is 2.31. The van der Waals surface area contributed by atoms with Gasteiger partial charge in [-0.05, 0) is 18.1 Å². The summed E-state index contributed by atoms with van der Waals surface area (Å²) in [5, 5.41) is -1.52. The van der Waals surface area contributed by atoms with Crippen molar-refractivity contribution in [1.82, 2.24) is 0 Å². The van der Waals surface area contributed by atoms with Gasteiger partial charge in [-0.2, -0.15) is 13.2 Å². The smallest absolute Gasteiger partial charge is 0.269 e. The highest BCUT2D eigenvalue weighted by Crippen LogP contribution is 2.47. The van der Waals surface area contributed by atoms with E-state index in [1.54, 1.807) is 25.1 Å². The van der Waals surface area contributed by atoms with Crippen molar-refractivity contribution in [3.05, 3.63) is 29.8 Å². The molecule has 1 aliphatic heterocycles. The van der Waals surface area contributed by atoms with Gasteiger partial charge < -0.3 is 0 Å². The summed E-state index contributed by atoms with van der Waals surface area (Å²) in [6.45, 7) is 1.99. The third-order valence-corrected chi connectivity index (χ3v) is 5.20. The topological polar surface area (TPSA) is 37.4 Å². The molecule has 19 heavy (non-hydrogen) atoms. The molecule has 1 aliphatic rings. The highest BCUT2D eigenvalue weighted by atomic mass is 32.2. The normalized spacial score (nSPS) is 21.5. The first kappa shape index (κ1) is 14.2. The Morgan fingerprint density at radius 2 is 1.89 bits per heavy atom. The Morgan fingerprint density at radius 3 is 2.47 bits per heavy atom. The lowest BCUT2D eigenvalue weighted by molar-refractivity contribution is -0.134. The second kappa shape index (κ2) is 4.70. The Labute approximate surface area is 110 Å². The number of anilines is 1. The van der Waals surface area contributed by atoms with Crippen LogP contribution in [0.15, 0.2) is 24.3 Å². The van der Waals surface area contributed by atoms with Crippen molar-refractivity contribution in [2.24, 2.45) is 0 Å². The SMILES string of the molecule is CCCN1c2ccccc2C(CC(F)(F)F)S1(=O)=O. The van der Waals surface area contributed by atoms with Crippen LogP contribution in [0.3, 0.4) is 0 Å². The molecule has 1 unspecified atom stereocenters. The second-order valence-corrected chi connectivity index (χ2v) is 6.52. The zero-order valence-corrected chi connectivity index (χ0v) is 11.1. The molecule has 0 saturated carbocycles. The van der Waals surface area contributed by atoms with Gasteiger partial charge in [0.15, 0.2) is 0 Å². The maximum atomic E-state index is 12.6. The zero-order chi connectivity index (χ0) is 14.3. The number of sulfonamides is 1. The van der Waals surface area contributed by atoms with Gasteiger partial charge in [-0.3, -0.25) is 4.31 Å². The molecule has 0 aliphatic carbocycles. The molecule has 0 spiro atoms. The molecular weight excluding hydrogens is 279 g/mol. The van der Waals surface area contributed by atoms with Crippen LogP contribution in [0.4, 0.5) is 18.9 Å². The minimum atomic E-state index is -4.51. The van der Waals surface area contributed by atoms with Crippen molar-refractivity contribution in [3.63, 3.8) is 0 Å². The molecule has 1 heterocycles. The van der Waals surface area contributed by atoms with E-state index in [2.05, 4.69) is 0 Å². The van der Waals surface area contributed by atoms with Crippen LogP contribution >= 0.6 is 0 Å². The fourth-order valence-corrected chi connectivity index (χ4v) is 4.42. The summed E-state index contributed by atoms with van der Waals surface area (Å²) in [6.07, 6.45) is -5.30. The van der Waals surface area contributed by atoms with Crippen LogP contribution in [0.5, 0.6) is 0 Å². The molecule has 0 amide bonds. The summed E-state index contributed by atoms with van der Waals surface area (Å²) in [5.41, 5.74) is 0.617. The quantitative estimate of drug-likeness (QED) is 0.858. The molecular formula is C12H14F3NO2S. The van der Waals surface area contributed by atoms with E-state index in [1.807, 2.05) is 0 Å². The van der Waals surface area contributed by atoms with Crippen LogP contribution < -0.4 is 4.31 Å². The Bertz CT molecular complexity index is 569. The summed E-state index contributed by atoms with van der Waals surface area (Å²) in [4.78, 5) is 0. The van der Waals surface area contributed by atoms with Gasteiger partial charge in [0.1, 0.15) is 5.25 Å². The maximum Gasteiger partial charge on any atom is 0.390 e. The number of alkyl halides is 3. The number of halogens is 3. The summed E-state index contributed by atoms with van der Waals surface area (Å²) >= 11 is 0. The van der Waals surface area contributed by atoms with E-state index in [-0.39, 0.29) is 12.1 Å². The number of rotatable bonds is 3. The van der Waals surface area contributed by atoms with Crippen LogP contribution in [-0.2, 0) is 10.0 Å². The first-order valence-corrected chi connectivity index (χ1v) is 7.45. The van der Waals surface area contributed by atoms with Gasteiger partial charge in [-0.15, -0.1) is 0 Å². The molecule has 0 N–H and O–H groups in total. The first-order chi connectivity index (χ1) is 8.77. The van der Waals surface area contributed by atoms with E-state index in [1.165, 1.54) is 6.07 Å². The first-order valence-electron chi connectivity index (χ1n) is 5.94. The summed E-state index contributed by atoms with van der Waals surface area (Å²) in [5.74, 6) is 0. The van der Waals surface area contributed by atoms with Crippen molar-refractivity contribution >= 4 is 15.7 Å². The predicted molar refractivity (Wildman–Crippen MR) is 66.4 cm³/mol. The Balaban J connectivity index is 2.50. The van der Waals surface area contributed by atoms with Gasteiger partial charge in [-0.1, -0.05) is 25.1 Å². The summed E-state index contributed by atoms with van der Waals surface area (Å²) < 4.78 is 63.3. The fraction of sp³-hybridized carbons (Fsp3) is 0.500. The molecule has 7 heteroatoms. The van der Waals surface area contributed by atoms with Gasteiger partial charge in [0, 0.05) is 6.54 Å². The highest BCUT2D eigenvalue weighted by Gasteiger charge is 2.47. The van der Waals surface area contributed by atoms with E-state index in [0.29, 0.717) is 12.1 Å². The van der Waals surface area contributed by atoms with Crippen molar-refractivity contribution in [1.29, 1.82) is 0 Å². The van der Waals surface area contributed by atoms with Crippen LogP contribution in [0.2, 0.25) is 0 Å². The van der Waals surface area contributed by atoms with E-state index < -0.39 is 27.9 Å². The lowest BCUT2D eigenvalue weighted by Gasteiger charge is -2.19. The van der Waals surface area contributed by atoms with Gasteiger partial charge >= 0.3 is 6.18 Å². The average molecular weight is 293 g/mol. The number of nitrogens with zero attached hydrogens (tertiary/aromatic N) is 1. The maximum absolute atomic E-state index is 12.6. The number of hydrogen-bond donors (Lipinski definition) is 0. The number of fused-ring (bicyclic) bond motifs is 1. The standard InChI is InChI=1S/C12H14F3NO2S/c1-2-7-16-10-6-4-3-5-9(10)11(19(16,17)18)8-12(13,14)15/h3-6,11H,2,7-8H2,1H3. The Morgan fingerprint density at radius 1 is 1.26 bits per heavy atom. The van der Waals surface area contributed by atoms with Crippen LogP contribution in [-0.4, -0.2) is 21.1 Å². The van der Waals surface area contributed by atoms with E-state index >= 15 is 0 Å². The molecule has 2 rings (SSSR count). The van der Waals surface area contributed by atoms with E-state index in [9.17, 15) is 21.6 Å². The lowest BCUT2D eigenvalue weighted by atomic mass is 10.1. The lowest BCUT2D eigenvalue weighted by Crippen LogP contribution is -2.31. The van der Waals surface area contributed by atoms with Gasteiger partial charge in [0.05, 0.1) is 12.1 Å². The van der Waals surface area contributed by atoms with Crippen LogP contribution in [0.25, 0.3) is 0 Å². The van der Waals surface area contributed by atoms with Crippen LogP contribution in [0, 0.1) is 0 Å². The molecule has 0 aromatic heterocycles. The largest absolute Gasteiger partial charge is 0.390 e. The third kappa shape index (κ3) is 2.56. The van der Waals surface area contributed by atoms with E-state index in [4.69, 9.17) is 0 Å². The Hall–Kier alpha value is -1.24. The summed E-state index contributed by atoms with van der Waals surface area (Å²) in [6, 6.07) is 6.21. The molecule has 1 aromatic carbocycles. The molecule has 3 nitrogen and oxygen atoms in total. The minimum absolute atomic E-state index is 0.202. The van der Waals surface area contributed by atoms with Crippen molar-refractivity contribution in [2.45, 2.75) is 31.2 Å². The Kier molecular flexibility index (Phi) is 3.51. The van der Waals surface area contributed by atoms with E-state index in [0.717, 1.165) is 4.31 Å². The molecule has 0 bridgehead atoms. The monoisotopic (exact) mass is 293 g/mol. The predicted octanol–water partition coefficient (Wildman–Crippen LogP) is 3.24. The average Bonchev–Trinajstić information content (AvgIpc) is 2.50. The molecule has 1 atom stereocenters. The number of benzene rings is 1. The highest BCUT2D eigenvalue weighted by molar-refractivity contribution is 7.93. The number of hydrogen-bond acceptors (Lipinski definition) is 2. The van der Waals surface area contributed by atoms with Crippen molar-refractivity contribution < 1.29 is 21.6 Å². The van der Waals surface area contributed by atoms with Gasteiger partial charge in [-0.25, -0.2) is 8.42 Å². The summed E-state index contributed by atoms with van der Waals surface area (Å²) in [7, 11) is -3.97. The van der Waals surface area contributed by atoms with Crippen molar-refractivity contribution in [2.75, 3.05) is 10.8 Å². The molecule has 0 saturated heterocycles. The van der Waals surface area contributed by atoms with Crippen molar-refractivity contribution in [3.8, 4) is 0 Å². The molecule has 0 radical (unpaired) electrons. The van der Waals surface area contributed by atoms with Crippen LogP contribution in [0.1, 0.15) is 30.6 Å². The third-order valence-electron chi connectivity index (χ3n) is 3.06. The molecule has 0 fully saturated rings. The molecule has 106 valence electrons. The number of para-hydroxylation sites is 1. The minimum Gasteiger partial charge on any atom is -0.269 e. The van der Waals surface area contributed by atoms with Gasteiger partial charge in [0.2, 0.25) is 10.0 Å².